The number of rotatable bonds is 1. The summed E-state index contributed by atoms with van der Waals surface area (Å²) in [6.45, 7) is 1.56. The van der Waals surface area contributed by atoms with Gasteiger partial charge in [0.2, 0.25) is 0 Å². The summed E-state index contributed by atoms with van der Waals surface area (Å²) < 4.78 is 0. The van der Waals surface area contributed by atoms with Crippen LogP contribution < -0.4 is 0 Å². The summed E-state index contributed by atoms with van der Waals surface area (Å²) >= 11 is 0. The van der Waals surface area contributed by atoms with Crippen molar-refractivity contribution in [3.05, 3.63) is 35.9 Å². The highest BCUT2D eigenvalue weighted by molar-refractivity contribution is 5.93. The zero-order valence-electron chi connectivity index (χ0n) is 5.29. The second-order valence-corrected chi connectivity index (χ2v) is 1.92. The molecule has 0 saturated heterocycles. The number of benzene rings is 1. The average molecular weight is 122 g/mol. The van der Waals surface area contributed by atoms with Crippen molar-refractivity contribution in [3.8, 4) is 0 Å². The highest BCUT2D eigenvalue weighted by atomic mass is 16.2. The highest BCUT2D eigenvalue weighted by Crippen LogP contribution is 1.97. The minimum atomic E-state index is 0.121. The molecule has 0 amide bonds. The predicted molar refractivity (Wildman–Crippen MR) is 36.4 cm³/mol. The van der Waals surface area contributed by atoms with Gasteiger partial charge in [0.05, 0.1) is 0 Å². The van der Waals surface area contributed by atoms with E-state index in [2.05, 4.69) is 0 Å². The SMILES string of the molecule is [13CH3][13C](=O)c1ccccc1. The third kappa shape index (κ3) is 1.39. The fraction of sp³-hybridized carbons (Fsp3) is 0.125. The first-order valence-electron chi connectivity index (χ1n) is 2.86. The van der Waals surface area contributed by atoms with Gasteiger partial charge in [-0.1, -0.05) is 30.3 Å². The quantitative estimate of drug-likeness (QED) is 0.410. The number of hydrogen-bond donors (Lipinski definition) is 0. The summed E-state index contributed by atoms with van der Waals surface area (Å²) in [6, 6.07) is 9.23. The van der Waals surface area contributed by atoms with Crippen LogP contribution in [-0.4, -0.2) is 5.78 Å². The van der Waals surface area contributed by atoms with Crippen LogP contribution in [0, 0.1) is 0 Å². The Balaban J connectivity index is 2.98. The summed E-state index contributed by atoms with van der Waals surface area (Å²) in [5.41, 5.74) is 0.775. The zero-order chi connectivity index (χ0) is 6.69. The monoisotopic (exact) mass is 122 g/mol. The minimum Gasteiger partial charge on any atom is -0.295 e. The normalized spacial score (nSPS) is 9.00. The number of hydrogen-bond acceptors (Lipinski definition) is 1. The Bertz CT molecular complexity index is 201. The summed E-state index contributed by atoms with van der Waals surface area (Å²) in [6.07, 6.45) is 0. The van der Waals surface area contributed by atoms with E-state index in [1.807, 2.05) is 30.3 Å². The third-order valence-electron chi connectivity index (χ3n) is 1.18. The van der Waals surface area contributed by atoms with E-state index in [-0.39, 0.29) is 5.78 Å². The van der Waals surface area contributed by atoms with Crippen LogP contribution in [0.5, 0.6) is 0 Å². The standard InChI is InChI=1S/C8H8O/c1-7(9)8-5-3-2-4-6-8/h2-6H,1H3/i1+1,7+1. The third-order valence-corrected chi connectivity index (χ3v) is 1.18. The zero-order valence-corrected chi connectivity index (χ0v) is 5.29. The lowest BCUT2D eigenvalue weighted by Crippen LogP contribution is -1.88. The van der Waals surface area contributed by atoms with E-state index >= 15 is 0 Å². The van der Waals surface area contributed by atoms with Crippen LogP contribution in [0.25, 0.3) is 0 Å². The van der Waals surface area contributed by atoms with Crippen LogP contribution in [0.2, 0.25) is 0 Å². The van der Waals surface area contributed by atoms with E-state index in [9.17, 15) is 4.79 Å². The molecule has 0 N–H and O–H groups in total. The van der Waals surface area contributed by atoms with Gasteiger partial charge in [0, 0.05) is 5.56 Å². The minimum absolute atomic E-state index is 0.121. The fourth-order valence-corrected chi connectivity index (χ4v) is 0.673. The second kappa shape index (κ2) is 2.44. The molecule has 0 aromatic heterocycles. The van der Waals surface area contributed by atoms with Crippen LogP contribution >= 0.6 is 0 Å². The van der Waals surface area contributed by atoms with Crippen LogP contribution in [-0.2, 0) is 0 Å². The molecule has 0 fully saturated rings. The van der Waals surface area contributed by atoms with Gasteiger partial charge in [0.1, 0.15) is 0 Å². The van der Waals surface area contributed by atoms with Crippen molar-refractivity contribution >= 4 is 5.78 Å². The molecule has 0 atom stereocenters. The van der Waals surface area contributed by atoms with E-state index in [4.69, 9.17) is 0 Å². The molecule has 0 bridgehead atoms. The Kier molecular flexibility index (Phi) is 1.63. The first-order chi connectivity index (χ1) is 4.30. The smallest absolute Gasteiger partial charge is 0.159 e. The Morgan fingerprint density at radius 3 is 2.11 bits per heavy atom. The fourth-order valence-electron chi connectivity index (χ4n) is 0.673. The number of ketones is 1. The number of carbonyl (C=O) groups excluding carboxylic acids is 1. The molecule has 1 aromatic carbocycles. The average Bonchev–Trinajstić information content (AvgIpc) is 1.90. The maximum atomic E-state index is 10.6. The molecule has 1 rings (SSSR count). The molecule has 1 heteroatoms. The predicted octanol–water partition coefficient (Wildman–Crippen LogP) is 1.89. The van der Waals surface area contributed by atoms with Crippen molar-refractivity contribution in [2.45, 2.75) is 6.92 Å². The Morgan fingerprint density at radius 2 is 1.78 bits per heavy atom. The Morgan fingerprint density at radius 1 is 1.22 bits per heavy atom. The van der Waals surface area contributed by atoms with Crippen LogP contribution in [0.4, 0.5) is 0 Å². The first-order valence-corrected chi connectivity index (χ1v) is 2.86. The molecule has 0 saturated carbocycles. The summed E-state index contributed by atoms with van der Waals surface area (Å²) in [4.78, 5) is 10.6. The highest BCUT2D eigenvalue weighted by Gasteiger charge is 1.92. The molecule has 46 valence electrons. The molecule has 1 nitrogen and oxygen atoms in total. The van der Waals surface area contributed by atoms with Gasteiger partial charge in [-0.05, 0) is 6.92 Å². The van der Waals surface area contributed by atoms with Crippen molar-refractivity contribution < 1.29 is 4.79 Å². The van der Waals surface area contributed by atoms with Gasteiger partial charge in [0.15, 0.2) is 5.78 Å². The molecule has 0 heterocycles. The van der Waals surface area contributed by atoms with Crippen LogP contribution in [0.3, 0.4) is 0 Å². The molecule has 9 heavy (non-hydrogen) atoms. The lowest BCUT2D eigenvalue weighted by molar-refractivity contribution is 0.101. The summed E-state index contributed by atoms with van der Waals surface area (Å²) in [5.74, 6) is 0.121. The van der Waals surface area contributed by atoms with E-state index in [1.165, 1.54) is 0 Å². The molecule has 0 unspecified atom stereocenters. The van der Waals surface area contributed by atoms with Gasteiger partial charge in [-0.2, -0.15) is 0 Å². The van der Waals surface area contributed by atoms with Gasteiger partial charge in [-0.15, -0.1) is 0 Å². The van der Waals surface area contributed by atoms with Gasteiger partial charge >= 0.3 is 0 Å². The topological polar surface area (TPSA) is 17.1 Å². The van der Waals surface area contributed by atoms with Gasteiger partial charge in [0.25, 0.3) is 0 Å². The van der Waals surface area contributed by atoms with Gasteiger partial charge < -0.3 is 0 Å². The molecule has 0 aliphatic carbocycles. The molecule has 0 aliphatic heterocycles. The van der Waals surface area contributed by atoms with Crippen molar-refractivity contribution in [1.29, 1.82) is 0 Å². The number of Topliss-reactive ketones (excluding diaryl/α,β-unsaturated/α-hetero) is 1. The van der Waals surface area contributed by atoms with Crippen LogP contribution in [0.15, 0.2) is 30.3 Å². The van der Waals surface area contributed by atoms with Crippen molar-refractivity contribution in [2.75, 3.05) is 0 Å². The van der Waals surface area contributed by atoms with Gasteiger partial charge in [-0.25, -0.2) is 0 Å². The van der Waals surface area contributed by atoms with E-state index in [0.717, 1.165) is 5.56 Å². The lowest BCUT2D eigenvalue weighted by Gasteiger charge is -1.89. The molecule has 0 radical (unpaired) electrons. The molecular formula is C8H8O. The van der Waals surface area contributed by atoms with E-state index < -0.39 is 0 Å². The maximum absolute atomic E-state index is 10.6. The van der Waals surface area contributed by atoms with Crippen LogP contribution in [0.1, 0.15) is 17.3 Å². The molecule has 0 aliphatic rings. The van der Waals surface area contributed by atoms with Crippen molar-refractivity contribution in [3.63, 3.8) is 0 Å². The maximum Gasteiger partial charge on any atom is 0.159 e. The van der Waals surface area contributed by atoms with Crippen molar-refractivity contribution in [1.82, 2.24) is 0 Å². The summed E-state index contributed by atoms with van der Waals surface area (Å²) in [7, 11) is 0. The molecule has 0 spiro atoms. The summed E-state index contributed by atoms with van der Waals surface area (Å²) in [5, 5.41) is 0. The first kappa shape index (κ1) is 6.02. The largest absolute Gasteiger partial charge is 0.295 e. The number of carbonyl (C=O) groups is 1. The van der Waals surface area contributed by atoms with E-state index in [0.29, 0.717) is 0 Å². The Hall–Kier alpha value is -1.11. The molecular weight excluding hydrogens is 114 g/mol. The van der Waals surface area contributed by atoms with E-state index in [1.54, 1.807) is 6.92 Å². The van der Waals surface area contributed by atoms with Gasteiger partial charge in [-0.3, -0.25) is 4.79 Å². The lowest BCUT2D eigenvalue weighted by atomic mass is 10.3. The Labute approximate surface area is 54.3 Å². The molecule has 1 aromatic rings. The van der Waals surface area contributed by atoms with Crippen molar-refractivity contribution in [2.24, 2.45) is 0 Å². The second-order valence-electron chi connectivity index (χ2n) is 1.92.